The number of halogens is 3. The third-order valence-electron chi connectivity index (χ3n) is 7.63. The van der Waals surface area contributed by atoms with Crippen molar-refractivity contribution in [3.63, 3.8) is 0 Å². The molecule has 3 aliphatic rings. The van der Waals surface area contributed by atoms with Crippen molar-refractivity contribution in [2.75, 3.05) is 30.3 Å². The van der Waals surface area contributed by atoms with Gasteiger partial charge in [-0.15, -0.1) is 0 Å². The highest BCUT2D eigenvalue weighted by molar-refractivity contribution is 5.89. The van der Waals surface area contributed by atoms with Crippen molar-refractivity contribution in [2.45, 2.75) is 43.7 Å². The number of alkyl halides is 3. The number of hydrogen-bond acceptors (Lipinski definition) is 4. The maximum Gasteiger partial charge on any atom is 0.416 e. The van der Waals surface area contributed by atoms with Crippen LogP contribution in [-0.4, -0.2) is 42.7 Å². The van der Waals surface area contributed by atoms with Crippen molar-refractivity contribution < 1.29 is 22.7 Å². The molecule has 5 rings (SSSR count). The average Bonchev–Trinajstić information content (AvgIpc) is 2.92. The zero-order chi connectivity index (χ0) is 26.7. The molecule has 6 nitrogen and oxygen atoms in total. The van der Waals surface area contributed by atoms with Gasteiger partial charge in [0.15, 0.2) is 0 Å². The summed E-state index contributed by atoms with van der Waals surface area (Å²) in [5.74, 6) is 0.220. The Morgan fingerprint density at radius 3 is 2.66 bits per heavy atom. The number of amides is 2. The summed E-state index contributed by atoms with van der Waals surface area (Å²) in [7, 11) is 0. The van der Waals surface area contributed by atoms with Gasteiger partial charge >= 0.3 is 12.2 Å². The van der Waals surface area contributed by atoms with Gasteiger partial charge in [-0.3, -0.25) is 0 Å². The van der Waals surface area contributed by atoms with Crippen LogP contribution >= 0.6 is 0 Å². The number of benzene rings is 2. The molecule has 2 aromatic rings. The van der Waals surface area contributed by atoms with Gasteiger partial charge in [0.25, 0.3) is 0 Å². The second kappa shape index (κ2) is 11.2. The molecule has 5 atom stereocenters. The Kier molecular flexibility index (Phi) is 7.76. The normalized spacial score (nSPS) is 26.2. The molecule has 4 N–H and O–H groups in total. The zero-order valence-electron chi connectivity index (χ0n) is 21.0. The maximum absolute atomic E-state index is 13.6. The summed E-state index contributed by atoms with van der Waals surface area (Å²) < 4.78 is 47.4. The number of nitrogens with one attached hydrogen (secondary N) is 2. The lowest BCUT2D eigenvalue weighted by Crippen LogP contribution is -2.50. The molecule has 9 heteroatoms. The van der Waals surface area contributed by atoms with Crippen molar-refractivity contribution in [3.8, 4) is 0 Å². The molecule has 0 radical (unpaired) electrons. The molecule has 1 unspecified atom stereocenters. The molecule has 1 aliphatic carbocycles. The molecule has 202 valence electrons. The molecule has 1 fully saturated rings. The van der Waals surface area contributed by atoms with Gasteiger partial charge in [-0.05, 0) is 49.6 Å². The fraction of sp³-hybridized carbons (Fsp3) is 0.414. The summed E-state index contributed by atoms with van der Waals surface area (Å²) in [6, 6.07) is 12.8. The Morgan fingerprint density at radius 2 is 1.95 bits per heavy atom. The van der Waals surface area contributed by atoms with Crippen LogP contribution in [0.15, 0.2) is 72.8 Å². The molecule has 38 heavy (non-hydrogen) atoms. The number of allylic oxidation sites excluding steroid dienone is 3. The first-order valence-corrected chi connectivity index (χ1v) is 13.1. The standard InChI is InChI=1S/C29H33F3N4O2/c30-29(31,32)20-11-14-25-24(17-20)27-23(26(35-25)19-7-3-1-4-8-19)13-12-22(38-27)18-36(16-15-33)28(37)34-21-9-5-2-6-10-21/h1-7,9-11,14,17,19,22-23,26-27,35H,8,12-13,15-16,18,33H2,(H,34,37)/t19?,22-,23+,26+,27+/m1/s1. The monoisotopic (exact) mass is 526 g/mol. The number of rotatable bonds is 6. The van der Waals surface area contributed by atoms with E-state index in [4.69, 9.17) is 10.5 Å². The summed E-state index contributed by atoms with van der Waals surface area (Å²) in [6.07, 6.45) is 5.36. The Balaban J connectivity index is 1.38. The summed E-state index contributed by atoms with van der Waals surface area (Å²) in [6.45, 7) is 0.925. The van der Waals surface area contributed by atoms with Crippen LogP contribution in [0.3, 0.4) is 0 Å². The van der Waals surface area contributed by atoms with Crippen molar-refractivity contribution in [2.24, 2.45) is 17.6 Å². The van der Waals surface area contributed by atoms with Gasteiger partial charge in [-0.25, -0.2) is 4.79 Å². The summed E-state index contributed by atoms with van der Waals surface area (Å²) in [5, 5.41) is 6.43. The molecule has 2 aliphatic heterocycles. The molecule has 0 aromatic heterocycles. The van der Waals surface area contributed by atoms with E-state index in [1.807, 2.05) is 30.4 Å². The number of urea groups is 1. The minimum Gasteiger partial charge on any atom is -0.381 e. The smallest absolute Gasteiger partial charge is 0.381 e. The highest BCUT2D eigenvalue weighted by atomic mass is 19.4. The van der Waals surface area contributed by atoms with Crippen LogP contribution in [0.4, 0.5) is 29.3 Å². The van der Waals surface area contributed by atoms with Gasteiger partial charge < -0.3 is 26.0 Å². The Bertz CT molecular complexity index is 1180. The number of nitrogens with zero attached hydrogens (tertiary/aromatic N) is 1. The van der Waals surface area contributed by atoms with E-state index in [1.165, 1.54) is 12.1 Å². The zero-order valence-corrected chi connectivity index (χ0v) is 21.0. The quantitative estimate of drug-likeness (QED) is 0.434. The molecule has 0 spiro atoms. The van der Waals surface area contributed by atoms with E-state index in [1.54, 1.807) is 17.0 Å². The van der Waals surface area contributed by atoms with Gasteiger partial charge in [0.1, 0.15) is 0 Å². The van der Waals surface area contributed by atoms with E-state index in [2.05, 4.69) is 22.8 Å². The highest BCUT2D eigenvalue weighted by Crippen LogP contribution is 2.49. The molecule has 1 saturated heterocycles. The lowest BCUT2D eigenvalue weighted by Gasteiger charge is -2.48. The predicted octanol–water partition coefficient (Wildman–Crippen LogP) is 5.96. The molecule has 2 aromatic carbocycles. The number of hydrogen-bond donors (Lipinski definition) is 3. The lowest BCUT2D eigenvalue weighted by molar-refractivity contribution is -0.138. The fourth-order valence-electron chi connectivity index (χ4n) is 5.80. The van der Waals surface area contributed by atoms with Gasteiger partial charge in [-0.2, -0.15) is 13.2 Å². The van der Waals surface area contributed by atoms with Crippen LogP contribution in [0.2, 0.25) is 0 Å². The van der Waals surface area contributed by atoms with Crippen LogP contribution < -0.4 is 16.4 Å². The van der Waals surface area contributed by atoms with Gasteiger partial charge in [-0.1, -0.05) is 42.5 Å². The van der Waals surface area contributed by atoms with Crippen LogP contribution in [0.1, 0.15) is 36.5 Å². The third-order valence-corrected chi connectivity index (χ3v) is 7.63. The minimum atomic E-state index is -4.44. The van der Waals surface area contributed by atoms with Gasteiger partial charge in [0.05, 0.1) is 17.8 Å². The largest absolute Gasteiger partial charge is 0.416 e. The summed E-state index contributed by atoms with van der Waals surface area (Å²) in [4.78, 5) is 14.6. The van der Waals surface area contributed by atoms with E-state index in [9.17, 15) is 18.0 Å². The number of anilines is 2. The van der Waals surface area contributed by atoms with Crippen molar-refractivity contribution in [1.29, 1.82) is 0 Å². The van der Waals surface area contributed by atoms with Gasteiger partial charge in [0.2, 0.25) is 0 Å². The average molecular weight is 527 g/mol. The third kappa shape index (κ3) is 5.73. The number of ether oxygens (including phenoxy) is 1. The molecule has 0 saturated carbocycles. The SMILES string of the molecule is NCCN(C[C@H]1CC[C@@H]2[C@H](O1)c1cc(C(F)(F)F)ccc1N[C@H]2C1C=CC=CC1)C(=O)Nc1ccccc1. The van der Waals surface area contributed by atoms with E-state index >= 15 is 0 Å². The van der Waals surface area contributed by atoms with Crippen molar-refractivity contribution in [1.82, 2.24) is 4.90 Å². The molecule has 0 bridgehead atoms. The fourth-order valence-corrected chi connectivity index (χ4v) is 5.80. The second-order valence-electron chi connectivity index (χ2n) is 10.1. The number of para-hydroxylation sites is 1. The first-order valence-electron chi connectivity index (χ1n) is 13.1. The lowest BCUT2D eigenvalue weighted by atomic mass is 9.73. The van der Waals surface area contributed by atoms with Crippen LogP contribution in [-0.2, 0) is 10.9 Å². The van der Waals surface area contributed by atoms with Crippen molar-refractivity contribution >= 4 is 17.4 Å². The second-order valence-corrected chi connectivity index (χ2v) is 10.1. The first-order chi connectivity index (χ1) is 18.3. The van der Waals surface area contributed by atoms with Gasteiger partial charge in [0, 0.05) is 54.5 Å². The van der Waals surface area contributed by atoms with Crippen molar-refractivity contribution in [3.05, 3.63) is 84.0 Å². The Hall–Kier alpha value is -3.30. The van der Waals surface area contributed by atoms with E-state index in [0.717, 1.165) is 18.9 Å². The predicted molar refractivity (Wildman–Crippen MR) is 142 cm³/mol. The molecular weight excluding hydrogens is 493 g/mol. The Labute approximate surface area is 220 Å². The molecular formula is C29H33F3N4O2. The topological polar surface area (TPSA) is 79.6 Å². The highest BCUT2D eigenvalue weighted by Gasteiger charge is 2.45. The maximum atomic E-state index is 13.6. The number of nitrogens with two attached hydrogens (primary N) is 1. The number of fused-ring (bicyclic) bond motifs is 3. The number of carbonyl (C=O) groups excluding carboxylic acids is 1. The van der Waals surface area contributed by atoms with Crippen LogP contribution in [0.5, 0.6) is 0 Å². The molecule has 2 amide bonds. The molecule has 2 heterocycles. The van der Waals surface area contributed by atoms with E-state index < -0.39 is 17.8 Å². The number of carbonyl (C=O) groups is 1. The van der Waals surface area contributed by atoms with Crippen LogP contribution in [0, 0.1) is 11.8 Å². The minimum absolute atomic E-state index is 0.00416. The summed E-state index contributed by atoms with van der Waals surface area (Å²) >= 11 is 0. The summed E-state index contributed by atoms with van der Waals surface area (Å²) in [5.41, 5.74) is 6.99. The van der Waals surface area contributed by atoms with E-state index in [-0.39, 0.29) is 36.6 Å². The first kappa shape index (κ1) is 26.3. The Morgan fingerprint density at radius 1 is 1.13 bits per heavy atom. The van der Waals surface area contributed by atoms with Crippen LogP contribution in [0.25, 0.3) is 0 Å². The van der Waals surface area contributed by atoms with E-state index in [0.29, 0.717) is 36.4 Å².